The van der Waals surface area contributed by atoms with Crippen LogP contribution in [0.25, 0.3) is 0 Å². The zero-order valence-corrected chi connectivity index (χ0v) is 17.1. The molecule has 0 aliphatic carbocycles. The van der Waals surface area contributed by atoms with Crippen molar-refractivity contribution in [3.63, 3.8) is 0 Å². The van der Waals surface area contributed by atoms with E-state index < -0.39 is 0 Å². The second-order valence-corrected chi connectivity index (χ2v) is 8.25. The van der Waals surface area contributed by atoms with Gasteiger partial charge in [0.25, 0.3) is 0 Å². The fourth-order valence-electron chi connectivity index (χ4n) is 4.50. The summed E-state index contributed by atoms with van der Waals surface area (Å²) in [4.78, 5) is 37.4. The van der Waals surface area contributed by atoms with Crippen molar-refractivity contribution < 1.29 is 9.59 Å². The van der Waals surface area contributed by atoms with E-state index in [0.29, 0.717) is 6.54 Å². The highest BCUT2D eigenvalue weighted by Crippen LogP contribution is 2.33. The fourth-order valence-corrected chi connectivity index (χ4v) is 4.50. The minimum atomic E-state index is 0.153. The summed E-state index contributed by atoms with van der Waals surface area (Å²) in [6.45, 7) is 10.2. The molecule has 0 aromatic carbocycles. The Hall–Kier alpha value is -2.15. The van der Waals surface area contributed by atoms with Crippen LogP contribution in [0.4, 0.5) is 5.69 Å². The van der Waals surface area contributed by atoms with Crippen LogP contribution in [0.1, 0.15) is 43.6 Å². The number of pyridine rings is 1. The SMILES string of the molecule is CC(=O)N1CCN(c2cc(C)nc([C@@H]3CCCN3CC(=O)N3CCC3)c2)CC1. The molecule has 0 bridgehead atoms. The highest BCUT2D eigenvalue weighted by atomic mass is 16.2. The molecule has 28 heavy (non-hydrogen) atoms. The Labute approximate surface area is 167 Å². The van der Waals surface area contributed by atoms with Crippen molar-refractivity contribution in [1.82, 2.24) is 19.7 Å². The second kappa shape index (κ2) is 8.07. The number of hydrogen-bond acceptors (Lipinski definition) is 5. The standard InChI is InChI=1S/C21H31N5O2/c1-16-13-18(24-11-9-23(10-12-24)17(2)27)14-19(22-16)20-5-3-6-26(20)15-21(28)25-7-4-8-25/h13-14,20H,3-12,15H2,1-2H3/t20-/m0/s1. The predicted molar refractivity (Wildman–Crippen MR) is 108 cm³/mol. The second-order valence-electron chi connectivity index (χ2n) is 8.25. The first-order valence-corrected chi connectivity index (χ1v) is 10.5. The number of likely N-dealkylation sites (tertiary alicyclic amines) is 2. The number of nitrogens with zero attached hydrogens (tertiary/aromatic N) is 5. The summed E-state index contributed by atoms with van der Waals surface area (Å²) in [7, 11) is 0. The van der Waals surface area contributed by atoms with Crippen molar-refractivity contribution in [1.29, 1.82) is 0 Å². The molecule has 3 fully saturated rings. The zero-order valence-electron chi connectivity index (χ0n) is 17.1. The van der Waals surface area contributed by atoms with Crippen molar-refractivity contribution in [2.45, 2.75) is 39.2 Å². The van der Waals surface area contributed by atoms with E-state index in [0.717, 1.165) is 76.5 Å². The minimum absolute atomic E-state index is 0.153. The number of anilines is 1. The normalized spacial score (nSPS) is 23.1. The van der Waals surface area contributed by atoms with Gasteiger partial charge in [-0.2, -0.15) is 0 Å². The Morgan fingerprint density at radius 2 is 1.75 bits per heavy atom. The number of amides is 2. The molecule has 0 unspecified atom stereocenters. The monoisotopic (exact) mass is 385 g/mol. The Bertz CT molecular complexity index is 740. The van der Waals surface area contributed by atoms with Crippen LogP contribution in [0.5, 0.6) is 0 Å². The van der Waals surface area contributed by atoms with Crippen LogP contribution in [0.2, 0.25) is 0 Å². The quantitative estimate of drug-likeness (QED) is 0.785. The summed E-state index contributed by atoms with van der Waals surface area (Å²) < 4.78 is 0. The van der Waals surface area contributed by atoms with Crippen molar-refractivity contribution in [2.75, 3.05) is 57.3 Å². The number of carbonyl (C=O) groups is 2. The molecule has 1 aromatic heterocycles. The molecule has 2 amide bonds. The van der Waals surface area contributed by atoms with E-state index >= 15 is 0 Å². The van der Waals surface area contributed by atoms with Crippen molar-refractivity contribution in [2.24, 2.45) is 0 Å². The zero-order chi connectivity index (χ0) is 19.7. The number of rotatable bonds is 4. The fraction of sp³-hybridized carbons (Fsp3) is 0.667. The minimum Gasteiger partial charge on any atom is -0.368 e. The van der Waals surface area contributed by atoms with E-state index in [1.54, 1.807) is 6.92 Å². The van der Waals surface area contributed by atoms with E-state index in [4.69, 9.17) is 4.98 Å². The lowest BCUT2D eigenvalue weighted by atomic mass is 10.1. The Balaban J connectivity index is 1.47. The number of aromatic nitrogens is 1. The van der Waals surface area contributed by atoms with E-state index in [2.05, 4.69) is 21.9 Å². The number of aryl methyl sites for hydroxylation is 1. The average Bonchev–Trinajstić information content (AvgIpc) is 3.08. The van der Waals surface area contributed by atoms with Crippen LogP contribution in [0.3, 0.4) is 0 Å². The van der Waals surface area contributed by atoms with Gasteiger partial charge in [0.1, 0.15) is 0 Å². The molecule has 3 aliphatic heterocycles. The lowest BCUT2D eigenvalue weighted by molar-refractivity contribution is -0.136. The van der Waals surface area contributed by atoms with E-state index in [9.17, 15) is 9.59 Å². The Morgan fingerprint density at radius 3 is 2.39 bits per heavy atom. The third-order valence-corrected chi connectivity index (χ3v) is 6.30. The topological polar surface area (TPSA) is 60.0 Å². The van der Waals surface area contributed by atoms with Gasteiger partial charge < -0.3 is 14.7 Å². The summed E-state index contributed by atoms with van der Waals surface area (Å²) in [5.74, 6) is 0.408. The van der Waals surface area contributed by atoms with Gasteiger partial charge in [-0.05, 0) is 44.9 Å². The molecular weight excluding hydrogens is 354 g/mol. The van der Waals surface area contributed by atoms with Crippen LogP contribution in [-0.2, 0) is 9.59 Å². The Morgan fingerprint density at radius 1 is 1.00 bits per heavy atom. The highest BCUT2D eigenvalue weighted by molar-refractivity contribution is 5.79. The summed E-state index contributed by atoms with van der Waals surface area (Å²) in [5.41, 5.74) is 3.28. The van der Waals surface area contributed by atoms with Crippen LogP contribution in [0, 0.1) is 6.92 Å². The molecular formula is C21H31N5O2. The molecule has 4 heterocycles. The van der Waals surface area contributed by atoms with E-state index in [1.807, 2.05) is 16.7 Å². The van der Waals surface area contributed by atoms with Crippen molar-refractivity contribution in [3.8, 4) is 0 Å². The molecule has 0 spiro atoms. The molecule has 1 aromatic rings. The third-order valence-electron chi connectivity index (χ3n) is 6.30. The molecule has 4 rings (SSSR count). The van der Waals surface area contributed by atoms with Gasteiger partial charge in [0.15, 0.2) is 0 Å². The lowest BCUT2D eigenvalue weighted by Gasteiger charge is -2.36. The first-order valence-electron chi connectivity index (χ1n) is 10.5. The Kier molecular flexibility index (Phi) is 5.53. The number of carbonyl (C=O) groups excluding carboxylic acids is 2. The molecule has 1 atom stereocenters. The van der Waals surface area contributed by atoms with Gasteiger partial charge in [-0.25, -0.2) is 0 Å². The number of piperazine rings is 1. The lowest BCUT2D eigenvalue weighted by Crippen LogP contribution is -2.48. The summed E-state index contributed by atoms with van der Waals surface area (Å²) in [6, 6.07) is 4.56. The van der Waals surface area contributed by atoms with Crippen LogP contribution in [-0.4, -0.2) is 83.9 Å². The average molecular weight is 386 g/mol. The van der Waals surface area contributed by atoms with Gasteiger partial charge in [-0.15, -0.1) is 0 Å². The maximum absolute atomic E-state index is 12.4. The maximum atomic E-state index is 12.4. The van der Waals surface area contributed by atoms with E-state index in [-0.39, 0.29) is 17.9 Å². The maximum Gasteiger partial charge on any atom is 0.236 e. The molecule has 3 saturated heterocycles. The van der Waals surface area contributed by atoms with Crippen LogP contribution < -0.4 is 4.90 Å². The predicted octanol–water partition coefficient (Wildman–Crippen LogP) is 1.43. The van der Waals surface area contributed by atoms with Gasteiger partial charge >= 0.3 is 0 Å². The molecule has 0 radical (unpaired) electrons. The van der Waals surface area contributed by atoms with Gasteiger partial charge in [0.2, 0.25) is 11.8 Å². The molecule has 3 aliphatic rings. The molecule has 152 valence electrons. The van der Waals surface area contributed by atoms with Crippen LogP contribution in [0.15, 0.2) is 12.1 Å². The molecule has 7 nitrogen and oxygen atoms in total. The third kappa shape index (κ3) is 3.99. The van der Waals surface area contributed by atoms with Gasteiger partial charge in [-0.3, -0.25) is 19.5 Å². The first kappa shape index (κ1) is 19.2. The largest absolute Gasteiger partial charge is 0.368 e. The van der Waals surface area contributed by atoms with Crippen molar-refractivity contribution >= 4 is 17.5 Å². The van der Waals surface area contributed by atoms with Gasteiger partial charge in [0, 0.05) is 57.6 Å². The van der Waals surface area contributed by atoms with E-state index in [1.165, 1.54) is 5.69 Å². The molecule has 0 N–H and O–H groups in total. The molecule has 0 saturated carbocycles. The van der Waals surface area contributed by atoms with Crippen LogP contribution >= 0.6 is 0 Å². The summed E-state index contributed by atoms with van der Waals surface area (Å²) in [6.07, 6.45) is 3.30. The number of hydrogen-bond donors (Lipinski definition) is 0. The summed E-state index contributed by atoms with van der Waals surface area (Å²) >= 11 is 0. The van der Waals surface area contributed by atoms with Gasteiger partial charge in [-0.1, -0.05) is 0 Å². The molecule has 7 heteroatoms. The summed E-state index contributed by atoms with van der Waals surface area (Å²) in [5, 5.41) is 0. The smallest absolute Gasteiger partial charge is 0.236 e. The van der Waals surface area contributed by atoms with Gasteiger partial charge in [0.05, 0.1) is 18.3 Å². The van der Waals surface area contributed by atoms with Crippen molar-refractivity contribution in [3.05, 3.63) is 23.5 Å². The highest BCUT2D eigenvalue weighted by Gasteiger charge is 2.32. The first-order chi connectivity index (χ1) is 13.5.